The molecule has 1 saturated heterocycles. The third-order valence-electron chi connectivity index (χ3n) is 3.93. The largest absolute Gasteiger partial charge is 0.390 e. The van der Waals surface area contributed by atoms with Crippen LogP contribution in [0.5, 0.6) is 0 Å². The lowest BCUT2D eigenvalue weighted by Gasteiger charge is -2.47. The van der Waals surface area contributed by atoms with Crippen molar-refractivity contribution in [1.29, 1.82) is 0 Å². The van der Waals surface area contributed by atoms with Crippen molar-refractivity contribution in [3.05, 3.63) is 0 Å². The van der Waals surface area contributed by atoms with E-state index in [9.17, 15) is 13.2 Å². The molecule has 0 aromatic rings. The van der Waals surface area contributed by atoms with Crippen molar-refractivity contribution >= 4 is 0 Å². The van der Waals surface area contributed by atoms with E-state index in [1.165, 1.54) is 0 Å². The molecular formula is C15H29F3N2. The van der Waals surface area contributed by atoms with Crippen molar-refractivity contribution in [3.63, 3.8) is 0 Å². The summed E-state index contributed by atoms with van der Waals surface area (Å²) in [5, 5.41) is 3.51. The molecule has 1 N–H and O–H groups in total. The summed E-state index contributed by atoms with van der Waals surface area (Å²) < 4.78 is 37.5. The van der Waals surface area contributed by atoms with E-state index >= 15 is 0 Å². The van der Waals surface area contributed by atoms with Gasteiger partial charge in [0.2, 0.25) is 0 Å². The summed E-state index contributed by atoms with van der Waals surface area (Å²) in [7, 11) is 0. The Bertz CT molecular complexity index is 294. The molecule has 20 heavy (non-hydrogen) atoms. The number of piperazine rings is 1. The fourth-order valence-corrected chi connectivity index (χ4v) is 2.98. The zero-order valence-electron chi connectivity index (χ0n) is 13.3. The van der Waals surface area contributed by atoms with Crippen LogP contribution in [0.15, 0.2) is 0 Å². The van der Waals surface area contributed by atoms with E-state index < -0.39 is 12.6 Å². The fourth-order valence-electron chi connectivity index (χ4n) is 2.98. The molecule has 0 aromatic heterocycles. The molecule has 0 spiro atoms. The van der Waals surface area contributed by atoms with Gasteiger partial charge in [0.15, 0.2) is 0 Å². The van der Waals surface area contributed by atoms with E-state index in [0.29, 0.717) is 12.0 Å². The molecule has 5 heteroatoms. The van der Waals surface area contributed by atoms with Crippen LogP contribution in [0.4, 0.5) is 13.2 Å². The molecule has 1 aliphatic rings. The van der Waals surface area contributed by atoms with Gasteiger partial charge in [-0.2, -0.15) is 13.2 Å². The average Bonchev–Trinajstić information content (AvgIpc) is 2.23. The fraction of sp³-hybridized carbons (Fsp3) is 1.00. The molecule has 2 unspecified atom stereocenters. The van der Waals surface area contributed by atoms with Crippen LogP contribution in [0, 0.1) is 11.3 Å². The highest BCUT2D eigenvalue weighted by molar-refractivity contribution is 4.92. The van der Waals surface area contributed by atoms with Gasteiger partial charge >= 0.3 is 6.18 Å². The molecule has 0 saturated carbocycles. The lowest BCUT2D eigenvalue weighted by atomic mass is 9.83. The maximum atomic E-state index is 12.5. The summed E-state index contributed by atoms with van der Waals surface area (Å²) in [5.41, 5.74) is -0.0125. The molecule has 0 bridgehead atoms. The Kier molecular flexibility index (Phi) is 5.90. The van der Waals surface area contributed by atoms with Crippen molar-refractivity contribution in [3.8, 4) is 0 Å². The maximum Gasteiger partial charge on any atom is 0.390 e. The SMILES string of the molecule is CC(C)CC1CN(CCC(F)(F)F)C(C(C)(C)C)CN1. The van der Waals surface area contributed by atoms with Gasteiger partial charge in [0, 0.05) is 31.7 Å². The highest BCUT2D eigenvalue weighted by atomic mass is 19.4. The van der Waals surface area contributed by atoms with E-state index in [0.717, 1.165) is 19.5 Å². The first kappa shape index (κ1) is 17.8. The predicted molar refractivity (Wildman–Crippen MR) is 76.7 cm³/mol. The van der Waals surface area contributed by atoms with Crippen LogP contribution in [0.1, 0.15) is 47.5 Å². The molecule has 120 valence electrons. The van der Waals surface area contributed by atoms with Crippen LogP contribution in [-0.4, -0.2) is 42.8 Å². The van der Waals surface area contributed by atoms with Gasteiger partial charge in [-0.05, 0) is 17.8 Å². The van der Waals surface area contributed by atoms with Crippen molar-refractivity contribution in [2.45, 2.75) is 65.7 Å². The van der Waals surface area contributed by atoms with Gasteiger partial charge in [0.05, 0.1) is 6.42 Å². The van der Waals surface area contributed by atoms with Gasteiger partial charge in [-0.25, -0.2) is 0 Å². The van der Waals surface area contributed by atoms with Crippen molar-refractivity contribution < 1.29 is 13.2 Å². The molecule has 1 fully saturated rings. The minimum absolute atomic E-state index is 0.0125. The standard InChI is InChI=1S/C15H29F3N2/c1-11(2)8-12-10-20(7-6-15(16,17)18)13(9-19-12)14(3,4)5/h11-13,19H,6-10H2,1-5H3. The lowest BCUT2D eigenvalue weighted by molar-refractivity contribution is -0.141. The Labute approximate surface area is 121 Å². The van der Waals surface area contributed by atoms with Crippen LogP contribution in [0.3, 0.4) is 0 Å². The van der Waals surface area contributed by atoms with Gasteiger partial charge in [0.25, 0.3) is 0 Å². The van der Waals surface area contributed by atoms with Gasteiger partial charge in [-0.15, -0.1) is 0 Å². The predicted octanol–water partition coefficient (Wildman–Crippen LogP) is 3.67. The van der Waals surface area contributed by atoms with E-state index in [-0.39, 0.29) is 18.0 Å². The summed E-state index contributed by atoms with van der Waals surface area (Å²) in [4.78, 5) is 2.04. The number of halogens is 3. The minimum atomic E-state index is -4.07. The van der Waals surface area contributed by atoms with Gasteiger partial charge < -0.3 is 5.32 Å². The zero-order valence-corrected chi connectivity index (χ0v) is 13.3. The Morgan fingerprint density at radius 2 is 1.80 bits per heavy atom. The third-order valence-corrected chi connectivity index (χ3v) is 3.93. The number of rotatable bonds is 4. The molecule has 1 heterocycles. The van der Waals surface area contributed by atoms with Crippen LogP contribution >= 0.6 is 0 Å². The Hall–Kier alpha value is -0.290. The molecule has 0 aliphatic carbocycles. The van der Waals surface area contributed by atoms with E-state index in [1.54, 1.807) is 0 Å². The second-order valence-corrected chi connectivity index (χ2v) is 7.48. The first-order valence-corrected chi connectivity index (χ1v) is 7.53. The third kappa shape index (κ3) is 6.00. The van der Waals surface area contributed by atoms with Crippen molar-refractivity contribution in [2.75, 3.05) is 19.6 Å². The normalized spacial score (nSPS) is 26.2. The zero-order chi connectivity index (χ0) is 15.6. The Morgan fingerprint density at radius 3 is 2.25 bits per heavy atom. The highest BCUT2D eigenvalue weighted by Gasteiger charge is 2.37. The topological polar surface area (TPSA) is 15.3 Å². The summed E-state index contributed by atoms with van der Waals surface area (Å²) in [6.07, 6.45) is -3.77. The lowest BCUT2D eigenvalue weighted by Crippen LogP contribution is -2.61. The van der Waals surface area contributed by atoms with E-state index in [1.807, 2.05) is 4.90 Å². The Morgan fingerprint density at radius 1 is 1.20 bits per heavy atom. The summed E-state index contributed by atoms with van der Waals surface area (Å²) in [6, 6.07) is 0.468. The van der Waals surface area contributed by atoms with Gasteiger partial charge in [-0.1, -0.05) is 34.6 Å². The molecule has 0 amide bonds. The number of hydrogen-bond acceptors (Lipinski definition) is 2. The molecule has 1 aliphatic heterocycles. The monoisotopic (exact) mass is 294 g/mol. The van der Waals surface area contributed by atoms with Crippen molar-refractivity contribution in [1.82, 2.24) is 10.2 Å². The minimum Gasteiger partial charge on any atom is -0.311 e. The maximum absolute atomic E-state index is 12.5. The summed E-state index contributed by atoms with van der Waals surface area (Å²) >= 11 is 0. The van der Waals surface area contributed by atoms with Gasteiger partial charge in [0.1, 0.15) is 0 Å². The van der Waals surface area contributed by atoms with Crippen LogP contribution in [0.25, 0.3) is 0 Å². The molecule has 0 aromatic carbocycles. The molecule has 2 nitrogen and oxygen atoms in total. The quantitative estimate of drug-likeness (QED) is 0.851. The van der Waals surface area contributed by atoms with Crippen molar-refractivity contribution in [2.24, 2.45) is 11.3 Å². The molecule has 0 radical (unpaired) electrons. The second-order valence-electron chi connectivity index (χ2n) is 7.48. The Balaban J connectivity index is 2.68. The van der Waals surface area contributed by atoms with E-state index in [4.69, 9.17) is 0 Å². The smallest absolute Gasteiger partial charge is 0.311 e. The number of nitrogens with one attached hydrogen (secondary N) is 1. The highest BCUT2D eigenvalue weighted by Crippen LogP contribution is 2.29. The first-order valence-electron chi connectivity index (χ1n) is 7.53. The summed E-state index contributed by atoms with van der Waals surface area (Å²) in [5.74, 6) is 0.558. The van der Waals surface area contributed by atoms with Crippen LogP contribution in [0.2, 0.25) is 0 Å². The van der Waals surface area contributed by atoms with Gasteiger partial charge in [-0.3, -0.25) is 4.90 Å². The molecular weight excluding hydrogens is 265 g/mol. The first-order chi connectivity index (χ1) is 8.99. The average molecular weight is 294 g/mol. The molecule has 1 rings (SSSR count). The molecule has 2 atom stereocenters. The van der Waals surface area contributed by atoms with Crippen LogP contribution in [-0.2, 0) is 0 Å². The number of alkyl halides is 3. The summed E-state index contributed by atoms with van der Waals surface area (Å²) in [6.45, 7) is 12.2. The second kappa shape index (κ2) is 6.65. The van der Waals surface area contributed by atoms with E-state index in [2.05, 4.69) is 39.9 Å². The van der Waals surface area contributed by atoms with Crippen LogP contribution < -0.4 is 5.32 Å². The number of hydrogen-bond donors (Lipinski definition) is 1. The number of nitrogens with zero attached hydrogens (tertiary/aromatic N) is 1.